The minimum absolute atomic E-state index is 0.106. The molecule has 5 N–H and O–H groups in total. The number of anilines is 1. The maximum absolute atomic E-state index is 13.7. The Balaban J connectivity index is 1.30. The van der Waals surface area contributed by atoms with Gasteiger partial charge >= 0.3 is 0 Å². The number of aliphatic hydroxyl groups is 1. The lowest BCUT2D eigenvalue weighted by Gasteiger charge is -2.25. The number of fused-ring (bicyclic) bond motifs is 5. The molecule has 0 spiro atoms. The van der Waals surface area contributed by atoms with Crippen molar-refractivity contribution in [3.8, 4) is 0 Å². The van der Waals surface area contributed by atoms with E-state index in [0.29, 0.717) is 23.7 Å². The van der Waals surface area contributed by atoms with E-state index in [0.717, 1.165) is 71.8 Å². The van der Waals surface area contributed by atoms with Gasteiger partial charge in [0.25, 0.3) is 0 Å². The molecule has 6 rings (SSSR count). The zero-order chi connectivity index (χ0) is 24.5. The Labute approximate surface area is 212 Å². The number of nitrogens with one attached hydrogen (secondary N) is 4. The molecule has 1 aromatic carbocycles. The van der Waals surface area contributed by atoms with E-state index in [1.54, 1.807) is 12.4 Å². The van der Waals surface area contributed by atoms with Crippen molar-refractivity contribution in [1.29, 1.82) is 0 Å². The standard InChI is InChI=1S/C26H31N7O2S/c34-23-17-15-30-21(10-4-3-9-20-28-12-13-29-20)32-24(17)33-18-7-1-2-8-19(18)36-26(33)22(23)25(35)31-14-16-6-5-11-27-16/h1-2,7-8,12-13,15-16,21,25,27,31-32,35H,3-6,9-11,14H2,(H,28,29). The average molecular weight is 506 g/mol. The van der Waals surface area contributed by atoms with Crippen molar-refractivity contribution in [1.82, 2.24) is 25.0 Å². The summed E-state index contributed by atoms with van der Waals surface area (Å²) in [4.78, 5) is 26.5. The molecule has 3 unspecified atom stereocenters. The van der Waals surface area contributed by atoms with E-state index in [1.165, 1.54) is 11.3 Å². The van der Waals surface area contributed by atoms with E-state index < -0.39 is 6.23 Å². The van der Waals surface area contributed by atoms with Gasteiger partial charge in [-0.05, 0) is 50.8 Å². The molecule has 1 fully saturated rings. The molecule has 0 radical (unpaired) electrons. The minimum atomic E-state index is -1.05. The van der Waals surface area contributed by atoms with Gasteiger partial charge in [-0.2, -0.15) is 0 Å². The van der Waals surface area contributed by atoms with Crippen molar-refractivity contribution >= 4 is 38.4 Å². The summed E-state index contributed by atoms with van der Waals surface area (Å²) in [6.07, 6.45) is 10.1. The van der Waals surface area contributed by atoms with E-state index in [-0.39, 0.29) is 11.6 Å². The SMILES string of the molecule is O=c1c2c(n3c(sc4ccccc43)c1C(O)NCC1CCCN1)NC(CCCCc1ncc[nH]1)N=C2. The van der Waals surface area contributed by atoms with Crippen LogP contribution in [0.15, 0.2) is 46.4 Å². The highest BCUT2D eigenvalue weighted by Crippen LogP contribution is 2.35. The fourth-order valence-corrected chi connectivity index (χ4v) is 6.43. The van der Waals surface area contributed by atoms with Crippen molar-refractivity contribution in [3.63, 3.8) is 0 Å². The van der Waals surface area contributed by atoms with Crippen LogP contribution in [0.2, 0.25) is 0 Å². The first-order valence-corrected chi connectivity index (χ1v) is 13.5. The Morgan fingerprint density at radius 1 is 1.28 bits per heavy atom. The predicted molar refractivity (Wildman–Crippen MR) is 144 cm³/mol. The second-order valence-electron chi connectivity index (χ2n) is 9.54. The maximum Gasteiger partial charge on any atom is 0.201 e. The molecule has 0 bridgehead atoms. The van der Waals surface area contributed by atoms with Crippen molar-refractivity contribution in [3.05, 3.63) is 63.8 Å². The number of nitrogens with zero attached hydrogens (tertiary/aromatic N) is 3. The monoisotopic (exact) mass is 505 g/mol. The number of aromatic nitrogens is 3. The highest BCUT2D eigenvalue weighted by molar-refractivity contribution is 7.24. The average Bonchev–Trinajstić information content (AvgIpc) is 3.66. The topological polar surface area (TPSA) is 119 Å². The summed E-state index contributed by atoms with van der Waals surface area (Å²) < 4.78 is 3.15. The molecule has 0 saturated carbocycles. The number of aromatic amines is 1. The Hall–Kier alpha value is -3.05. The second-order valence-corrected chi connectivity index (χ2v) is 10.6. The zero-order valence-corrected chi connectivity index (χ0v) is 20.9. The van der Waals surface area contributed by atoms with Crippen molar-refractivity contribution in [2.45, 2.75) is 57.0 Å². The van der Waals surface area contributed by atoms with Gasteiger partial charge in [-0.25, -0.2) is 4.98 Å². The highest BCUT2D eigenvalue weighted by Gasteiger charge is 2.28. The minimum Gasteiger partial charge on any atom is -0.374 e. The van der Waals surface area contributed by atoms with Crippen LogP contribution in [-0.2, 0) is 6.42 Å². The third-order valence-electron chi connectivity index (χ3n) is 7.09. The maximum atomic E-state index is 13.7. The predicted octanol–water partition coefficient (Wildman–Crippen LogP) is 3.15. The number of unbranched alkanes of at least 4 members (excludes halogenated alkanes) is 1. The molecule has 36 heavy (non-hydrogen) atoms. The normalized spacial score (nSPS) is 20.1. The number of thiazole rings is 1. The van der Waals surface area contributed by atoms with Gasteiger partial charge in [0.15, 0.2) is 0 Å². The van der Waals surface area contributed by atoms with Crippen LogP contribution in [0.1, 0.15) is 55.3 Å². The molecule has 3 atom stereocenters. The molecule has 5 heterocycles. The molecule has 2 aliphatic heterocycles. The Kier molecular flexibility index (Phi) is 6.58. The first kappa shape index (κ1) is 23.4. The quantitative estimate of drug-likeness (QED) is 0.176. The Morgan fingerprint density at radius 2 is 2.19 bits per heavy atom. The number of aliphatic imine (C=N–C) groups is 1. The summed E-state index contributed by atoms with van der Waals surface area (Å²) >= 11 is 1.54. The molecule has 0 aliphatic carbocycles. The van der Waals surface area contributed by atoms with Gasteiger partial charge in [0, 0.05) is 37.6 Å². The number of benzene rings is 1. The van der Waals surface area contributed by atoms with Crippen molar-refractivity contribution < 1.29 is 5.11 Å². The molecule has 0 amide bonds. The molecule has 4 aromatic rings. The summed E-state index contributed by atoms with van der Waals surface area (Å²) in [7, 11) is 0. The smallest absolute Gasteiger partial charge is 0.201 e. The van der Waals surface area contributed by atoms with Gasteiger partial charge < -0.3 is 20.7 Å². The summed E-state index contributed by atoms with van der Waals surface area (Å²) in [5.41, 5.74) is 1.72. The van der Waals surface area contributed by atoms with Gasteiger partial charge in [0.05, 0.1) is 21.3 Å². The fraction of sp³-hybridized carbons (Fsp3) is 0.423. The summed E-state index contributed by atoms with van der Waals surface area (Å²) in [5.74, 6) is 1.76. The third-order valence-corrected chi connectivity index (χ3v) is 8.25. The Morgan fingerprint density at radius 3 is 3.03 bits per heavy atom. The molecule has 2 aliphatic rings. The van der Waals surface area contributed by atoms with E-state index in [9.17, 15) is 9.90 Å². The van der Waals surface area contributed by atoms with Crippen LogP contribution in [0.3, 0.4) is 0 Å². The Bertz CT molecular complexity index is 1440. The molecular weight excluding hydrogens is 474 g/mol. The van der Waals surface area contributed by atoms with Crippen molar-refractivity contribution in [2.24, 2.45) is 4.99 Å². The third kappa shape index (κ3) is 4.45. The van der Waals surface area contributed by atoms with Crippen molar-refractivity contribution in [2.75, 3.05) is 18.4 Å². The summed E-state index contributed by atoms with van der Waals surface area (Å²) in [5, 5.41) is 21.3. The summed E-state index contributed by atoms with van der Waals surface area (Å²) in [6, 6.07) is 8.43. The van der Waals surface area contributed by atoms with Crippen LogP contribution >= 0.6 is 11.3 Å². The molecule has 1 saturated heterocycles. The van der Waals surface area contributed by atoms with E-state index >= 15 is 0 Å². The number of rotatable bonds is 9. The van der Waals surface area contributed by atoms with Gasteiger partial charge in [-0.15, -0.1) is 11.3 Å². The largest absolute Gasteiger partial charge is 0.374 e. The van der Waals surface area contributed by atoms with Gasteiger partial charge in [0.1, 0.15) is 28.9 Å². The number of aryl methyl sites for hydroxylation is 1. The lowest BCUT2D eigenvalue weighted by Crippen LogP contribution is -2.38. The first-order valence-electron chi connectivity index (χ1n) is 12.7. The number of para-hydroxylation sites is 1. The zero-order valence-electron chi connectivity index (χ0n) is 20.0. The number of pyridine rings is 1. The molecule has 9 nitrogen and oxygen atoms in total. The second kappa shape index (κ2) is 10.1. The van der Waals surface area contributed by atoms with Crippen LogP contribution in [-0.4, -0.2) is 51.0 Å². The number of hydrogen-bond acceptors (Lipinski definition) is 8. The summed E-state index contributed by atoms with van der Waals surface area (Å²) in [6.45, 7) is 1.61. The van der Waals surface area contributed by atoms with Crippen LogP contribution in [0.5, 0.6) is 0 Å². The number of imidazole rings is 1. The fourth-order valence-electron chi connectivity index (χ4n) is 5.22. The lowest BCUT2D eigenvalue weighted by atomic mass is 10.1. The lowest BCUT2D eigenvalue weighted by molar-refractivity contribution is 0.136. The van der Waals surface area contributed by atoms with Crippen LogP contribution in [0, 0.1) is 0 Å². The van der Waals surface area contributed by atoms with Crippen LogP contribution < -0.4 is 21.4 Å². The van der Waals surface area contributed by atoms with E-state index in [2.05, 4.69) is 47.4 Å². The first-order chi connectivity index (χ1) is 17.7. The number of H-pyrrole nitrogens is 1. The van der Waals surface area contributed by atoms with Crippen LogP contribution in [0.4, 0.5) is 5.82 Å². The van der Waals surface area contributed by atoms with E-state index in [1.807, 2.05) is 18.3 Å². The molecule has 3 aromatic heterocycles. The molecule has 10 heteroatoms. The van der Waals surface area contributed by atoms with E-state index in [4.69, 9.17) is 0 Å². The highest BCUT2D eigenvalue weighted by atomic mass is 32.1. The number of hydrogen-bond donors (Lipinski definition) is 5. The molecular formula is C26H31N7O2S. The molecule has 188 valence electrons. The number of aliphatic hydroxyl groups excluding tert-OH is 1. The van der Waals surface area contributed by atoms with Crippen LogP contribution in [0.25, 0.3) is 15.0 Å². The van der Waals surface area contributed by atoms with Gasteiger partial charge in [0.2, 0.25) is 5.43 Å². The van der Waals surface area contributed by atoms with Gasteiger partial charge in [-0.1, -0.05) is 12.1 Å². The van der Waals surface area contributed by atoms with Gasteiger partial charge in [-0.3, -0.25) is 19.5 Å².